The summed E-state index contributed by atoms with van der Waals surface area (Å²) in [4.78, 5) is 23.2. The lowest BCUT2D eigenvalue weighted by Gasteiger charge is -1.99. The highest BCUT2D eigenvalue weighted by molar-refractivity contribution is 6.34. The van der Waals surface area contributed by atoms with Crippen LogP contribution >= 0.6 is 11.6 Å². The second-order valence-electron chi connectivity index (χ2n) is 4.81. The molecule has 2 aromatic carbocycles. The van der Waals surface area contributed by atoms with E-state index in [1.165, 1.54) is 12.2 Å². The Morgan fingerprint density at radius 2 is 1.61 bits per heavy atom. The smallest absolute Gasteiger partial charge is 0.187 e. The number of allylic oxidation sites excluding steroid dienone is 1. The van der Waals surface area contributed by atoms with Crippen LogP contribution in [0.2, 0.25) is 5.02 Å². The van der Waals surface area contributed by atoms with E-state index in [-0.39, 0.29) is 11.6 Å². The van der Waals surface area contributed by atoms with Gasteiger partial charge >= 0.3 is 0 Å². The molecule has 0 unspecified atom stereocenters. The lowest BCUT2D eigenvalue weighted by Crippen LogP contribution is -1.97. The number of aliphatic hydroxyl groups excluding tert-OH is 1. The molecule has 0 radical (unpaired) electrons. The molecular formula is C19H15ClO3. The zero-order valence-electron chi connectivity index (χ0n) is 12.3. The number of ketones is 2. The molecule has 0 heterocycles. The summed E-state index contributed by atoms with van der Waals surface area (Å²) in [6.07, 6.45) is 6.09. The van der Waals surface area contributed by atoms with Crippen molar-refractivity contribution in [2.75, 3.05) is 6.61 Å². The predicted octanol–water partition coefficient (Wildman–Crippen LogP) is 3.81. The molecule has 0 aliphatic carbocycles. The summed E-state index contributed by atoms with van der Waals surface area (Å²) < 4.78 is 0. The first kappa shape index (κ1) is 16.9. The summed E-state index contributed by atoms with van der Waals surface area (Å²) in [6.45, 7) is -0.511. The van der Waals surface area contributed by atoms with Gasteiger partial charge in [-0.2, -0.15) is 0 Å². The Labute approximate surface area is 139 Å². The van der Waals surface area contributed by atoms with Gasteiger partial charge in [-0.1, -0.05) is 54.1 Å². The van der Waals surface area contributed by atoms with Gasteiger partial charge in [-0.15, -0.1) is 0 Å². The third kappa shape index (κ3) is 5.02. The maximum absolute atomic E-state index is 12.1. The number of benzene rings is 2. The van der Waals surface area contributed by atoms with E-state index in [4.69, 9.17) is 16.7 Å². The van der Waals surface area contributed by atoms with Crippen molar-refractivity contribution in [1.82, 2.24) is 0 Å². The third-order valence-electron chi connectivity index (χ3n) is 3.09. The quantitative estimate of drug-likeness (QED) is 0.648. The first-order chi connectivity index (χ1) is 11.1. The molecule has 0 bridgehead atoms. The van der Waals surface area contributed by atoms with Gasteiger partial charge in [0.1, 0.15) is 6.61 Å². The molecule has 0 saturated heterocycles. The van der Waals surface area contributed by atoms with Crippen molar-refractivity contribution in [2.24, 2.45) is 0 Å². The van der Waals surface area contributed by atoms with Gasteiger partial charge in [0.15, 0.2) is 11.6 Å². The minimum absolute atomic E-state index is 0.174. The van der Waals surface area contributed by atoms with Crippen molar-refractivity contribution in [2.45, 2.75) is 0 Å². The molecule has 0 atom stereocenters. The van der Waals surface area contributed by atoms with Gasteiger partial charge in [-0.3, -0.25) is 9.59 Å². The Balaban J connectivity index is 2.14. The monoisotopic (exact) mass is 326 g/mol. The summed E-state index contributed by atoms with van der Waals surface area (Å²) >= 11 is 5.99. The maximum Gasteiger partial charge on any atom is 0.187 e. The van der Waals surface area contributed by atoms with Gasteiger partial charge in [-0.05, 0) is 41.5 Å². The number of halogens is 1. The lowest BCUT2D eigenvalue weighted by atomic mass is 10.1. The van der Waals surface area contributed by atoms with Gasteiger partial charge in [-0.25, -0.2) is 0 Å². The standard InChI is InChI=1S/C19H15ClO3/c20-18-7-2-1-6-17(18)19(23)11-9-15-5-3-4-14(12-15)8-10-16(22)13-21/h1-12,21H,13H2/b10-8+,11-9+. The Kier molecular flexibility index (Phi) is 6.03. The van der Waals surface area contributed by atoms with Crippen LogP contribution in [0.1, 0.15) is 21.5 Å². The van der Waals surface area contributed by atoms with Crippen LogP contribution in [-0.4, -0.2) is 23.3 Å². The number of hydrogen-bond donors (Lipinski definition) is 1. The highest BCUT2D eigenvalue weighted by Gasteiger charge is 2.05. The van der Waals surface area contributed by atoms with E-state index in [0.717, 1.165) is 11.1 Å². The summed E-state index contributed by atoms with van der Waals surface area (Å²) in [6, 6.07) is 14.2. The minimum Gasteiger partial charge on any atom is -0.388 e. The van der Waals surface area contributed by atoms with Crippen molar-refractivity contribution in [1.29, 1.82) is 0 Å². The Morgan fingerprint density at radius 3 is 2.26 bits per heavy atom. The van der Waals surface area contributed by atoms with Crippen LogP contribution in [0.3, 0.4) is 0 Å². The molecular weight excluding hydrogens is 312 g/mol. The van der Waals surface area contributed by atoms with E-state index in [1.54, 1.807) is 36.4 Å². The second kappa shape index (κ2) is 8.22. The molecule has 2 rings (SSSR count). The van der Waals surface area contributed by atoms with E-state index in [9.17, 15) is 9.59 Å². The second-order valence-corrected chi connectivity index (χ2v) is 5.21. The van der Waals surface area contributed by atoms with Crippen LogP contribution in [0, 0.1) is 0 Å². The number of carbonyl (C=O) groups excluding carboxylic acids is 2. The first-order valence-electron chi connectivity index (χ1n) is 6.99. The van der Waals surface area contributed by atoms with Crippen LogP contribution in [0.25, 0.3) is 12.2 Å². The zero-order valence-corrected chi connectivity index (χ0v) is 13.0. The molecule has 116 valence electrons. The molecule has 0 aliphatic heterocycles. The molecule has 23 heavy (non-hydrogen) atoms. The topological polar surface area (TPSA) is 54.4 Å². The largest absolute Gasteiger partial charge is 0.388 e. The predicted molar refractivity (Wildman–Crippen MR) is 92.4 cm³/mol. The number of rotatable bonds is 6. The van der Waals surface area contributed by atoms with Gasteiger partial charge in [0.2, 0.25) is 0 Å². The molecule has 0 aliphatic rings. The summed E-state index contributed by atoms with van der Waals surface area (Å²) in [7, 11) is 0. The molecule has 3 nitrogen and oxygen atoms in total. The summed E-state index contributed by atoms with van der Waals surface area (Å²) in [5, 5.41) is 9.10. The zero-order chi connectivity index (χ0) is 16.7. The van der Waals surface area contributed by atoms with Crippen LogP contribution in [0.15, 0.2) is 60.7 Å². The average Bonchev–Trinajstić information content (AvgIpc) is 2.58. The molecule has 0 spiro atoms. The van der Waals surface area contributed by atoms with Crippen LogP contribution in [-0.2, 0) is 4.79 Å². The highest BCUT2D eigenvalue weighted by atomic mass is 35.5. The molecule has 4 heteroatoms. The number of carbonyl (C=O) groups is 2. The Hall–Kier alpha value is -2.49. The van der Waals surface area contributed by atoms with E-state index in [1.807, 2.05) is 24.3 Å². The van der Waals surface area contributed by atoms with Gasteiger partial charge in [0.05, 0.1) is 5.02 Å². The van der Waals surface area contributed by atoms with Crippen molar-refractivity contribution >= 4 is 35.3 Å². The minimum atomic E-state index is -0.511. The van der Waals surface area contributed by atoms with Gasteiger partial charge < -0.3 is 5.11 Å². The normalized spacial score (nSPS) is 11.2. The Bertz CT molecular complexity index is 776. The average molecular weight is 327 g/mol. The molecule has 2 aromatic rings. The van der Waals surface area contributed by atoms with E-state index < -0.39 is 6.61 Å². The fourth-order valence-electron chi connectivity index (χ4n) is 1.93. The number of aliphatic hydroxyl groups is 1. The van der Waals surface area contributed by atoms with Crippen LogP contribution in [0.5, 0.6) is 0 Å². The van der Waals surface area contributed by atoms with Crippen molar-refractivity contribution in [3.8, 4) is 0 Å². The molecule has 0 amide bonds. The van der Waals surface area contributed by atoms with Crippen LogP contribution in [0.4, 0.5) is 0 Å². The fourth-order valence-corrected chi connectivity index (χ4v) is 2.16. The third-order valence-corrected chi connectivity index (χ3v) is 3.42. The Morgan fingerprint density at radius 1 is 0.957 bits per heavy atom. The van der Waals surface area contributed by atoms with Crippen molar-refractivity contribution in [3.05, 3.63) is 82.4 Å². The summed E-state index contributed by atoms with van der Waals surface area (Å²) in [5.41, 5.74) is 2.08. The first-order valence-corrected chi connectivity index (χ1v) is 7.37. The number of hydrogen-bond acceptors (Lipinski definition) is 3. The van der Waals surface area contributed by atoms with Crippen molar-refractivity contribution < 1.29 is 14.7 Å². The molecule has 0 saturated carbocycles. The van der Waals surface area contributed by atoms with Crippen molar-refractivity contribution in [3.63, 3.8) is 0 Å². The van der Waals surface area contributed by atoms with Gasteiger partial charge in [0, 0.05) is 5.56 Å². The highest BCUT2D eigenvalue weighted by Crippen LogP contribution is 2.17. The maximum atomic E-state index is 12.1. The molecule has 1 N–H and O–H groups in total. The molecule has 0 aromatic heterocycles. The summed E-state index contributed by atoms with van der Waals surface area (Å²) in [5.74, 6) is -0.535. The SMILES string of the molecule is O=C(/C=C/c1cccc(/C=C/C(=O)c2ccccc2Cl)c1)CO. The van der Waals surface area contributed by atoms with Crippen LogP contribution < -0.4 is 0 Å². The fraction of sp³-hybridized carbons (Fsp3) is 0.0526. The van der Waals surface area contributed by atoms with E-state index in [2.05, 4.69) is 0 Å². The van der Waals surface area contributed by atoms with E-state index >= 15 is 0 Å². The molecule has 0 fully saturated rings. The van der Waals surface area contributed by atoms with Gasteiger partial charge in [0.25, 0.3) is 0 Å². The lowest BCUT2D eigenvalue weighted by molar-refractivity contribution is -0.117. The van der Waals surface area contributed by atoms with E-state index in [0.29, 0.717) is 10.6 Å².